The summed E-state index contributed by atoms with van der Waals surface area (Å²) in [4.78, 5) is 1.60. The molecular formula is C17H16N2OS. The second kappa shape index (κ2) is 5.66. The maximum Gasteiger partial charge on any atom is 0.0887 e. The molecule has 0 bridgehead atoms. The summed E-state index contributed by atoms with van der Waals surface area (Å²) < 4.78 is 14.6. The van der Waals surface area contributed by atoms with Gasteiger partial charge in [-0.25, -0.2) is 8.89 Å². The van der Waals surface area contributed by atoms with E-state index >= 15 is 0 Å². The zero-order valence-corrected chi connectivity index (χ0v) is 12.8. The Balaban J connectivity index is 2.09. The lowest BCUT2D eigenvalue weighted by atomic mass is 10.3. The summed E-state index contributed by atoms with van der Waals surface area (Å²) in [7, 11) is -1.21. The monoisotopic (exact) mass is 296 g/mol. The predicted octanol–water partition coefficient (Wildman–Crippen LogP) is 3.66. The van der Waals surface area contributed by atoms with E-state index in [1.54, 1.807) is 0 Å². The summed E-state index contributed by atoms with van der Waals surface area (Å²) >= 11 is 0. The average molecular weight is 296 g/mol. The summed E-state index contributed by atoms with van der Waals surface area (Å²) in [6.45, 7) is 3.87. The fraction of sp³-hybridized carbons (Fsp3) is 0.118. The number of aromatic nitrogens is 2. The Morgan fingerprint density at radius 1 is 0.905 bits per heavy atom. The van der Waals surface area contributed by atoms with Gasteiger partial charge in [-0.1, -0.05) is 36.4 Å². The molecule has 0 N–H and O–H groups in total. The largest absolute Gasteiger partial charge is 0.249 e. The molecular weight excluding hydrogens is 280 g/mol. The van der Waals surface area contributed by atoms with Crippen molar-refractivity contribution in [2.45, 2.75) is 23.6 Å². The van der Waals surface area contributed by atoms with Gasteiger partial charge in [-0.05, 0) is 38.1 Å². The molecule has 0 radical (unpaired) electrons. The lowest BCUT2D eigenvalue weighted by Crippen LogP contribution is -2.00. The van der Waals surface area contributed by atoms with E-state index in [0.717, 1.165) is 26.9 Å². The molecule has 3 rings (SSSR count). The molecule has 0 spiro atoms. The van der Waals surface area contributed by atoms with Crippen LogP contribution in [0.25, 0.3) is 5.69 Å². The van der Waals surface area contributed by atoms with Crippen LogP contribution in [-0.2, 0) is 10.8 Å². The van der Waals surface area contributed by atoms with Crippen LogP contribution in [0.3, 0.4) is 0 Å². The second-order valence-corrected chi connectivity index (χ2v) is 6.25. The van der Waals surface area contributed by atoms with Crippen LogP contribution in [-0.4, -0.2) is 14.0 Å². The molecule has 1 aromatic heterocycles. The van der Waals surface area contributed by atoms with Crippen LogP contribution in [0.15, 0.2) is 70.5 Å². The van der Waals surface area contributed by atoms with E-state index in [4.69, 9.17) is 0 Å². The van der Waals surface area contributed by atoms with E-state index in [0.29, 0.717) is 0 Å². The number of hydrogen-bond donors (Lipinski definition) is 0. The minimum atomic E-state index is -1.21. The Hall–Kier alpha value is -2.20. The first-order chi connectivity index (χ1) is 10.2. The number of benzene rings is 2. The van der Waals surface area contributed by atoms with Crippen molar-refractivity contribution in [2.24, 2.45) is 0 Å². The van der Waals surface area contributed by atoms with Crippen molar-refractivity contribution in [3.8, 4) is 5.69 Å². The van der Waals surface area contributed by atoms with Gasteiger partial charge in [0.05, 0.1) is 32.8 Å². The Kier molecular flexibility index (Phi) is 3.71. The molecule has 21 heavy (non-hydrogen) atoms. The zero-order valence-electron chi connectivity index (χ0n) is 12.0. The highest BCUT2D eigenvalue weighted by Gasteiger charge is 2.19. The Morgan fingerprint density at radius 2 is 1.48 bits per heavy atom. The first-order valence-corrected chi connectivity index (χ1v) is 7.92. The molecule has 0 unspecified atom stereocenters. The standard InChI is InChI=1S/C17H16N2OS/c1-13-17(21(20)16-11-7-4-8-12-16)14(2)19(18-13)15-9-5-3-6-10-15/h3-12H,1-2H3/t21-/m1/s1. The van der Waals surface area contributed by atoms with E-state index in [-0.39, 0.29) is 0 Å². The topological polar surface area (TPSA) is 34.9 Å². The molecule has 1 atom stereocenters. The number of para-hydroxylation sites is 1. The lowest BCUT2D eigenvalue weighted by Gasteiger charge is -2.05. The van der Waals surface area contributed by atoms with Crippen LogP contribution < -0.4 is 0 Å². The van der Waals surface area contributed by atoms with Gasteiger partial charge in [-0.15, -0.1) is 0 Å². The van der Waals surface area contributed by atoms with Gasteiger partial charge in [0, 0.05) is 4.90 Å². The van der Waals surface area contributed by atoms with Gasteiger partial charge in [-0.2, -0.15) is 5.10 Å². The van der Waals surface area contributed by atoms with Crippen molar-refractivity contribution < 1.29 is 4.21 Å². The Morgan fingerprint density at radius 3 is 2.10 bits per heavy atom. The SMILES string of the molecule is Cc1nn(-c2ccccc2)c(C)c1[S@](=O)c1ccccc1. The highest BCUT2D eigenvalue weighted by atomic mass is 32.2. The molecule has 2 aromatic carbocycles. The molecule has 0 fully saturated rings. The van der Waals surface area contributed by atoms with E-state index in [1.165, 1.54) is 0 Å². The van der Waals surface area contributed by atoms with Crippen molar-refractivity contribution in [1.82, 2.24) is 9.78 Å². The van der Waals surface area contributed by atoms with Crippen molar-refractivity contribution in [3.05, 3.63) is 72.1 Å². The molecule has 0 amide bonds. The molecule has 1 heterocycles. The fourth-order valence-electron chi connectivity index (χ4n) is 2.38. The number of aryl methyl sites for hydroxylation is 1. The third kappa shape index (κ3) is 2.54. The highest BCUT2D eigenvalue weighted by Crippen LogP contribution is 2.25. The first-order valence-electron chi connectivity index (χ1n) is 6.77. The normalized spacial score (nSPS) is 12.3. The first kappa shape index (κ1) is 13.8. The van der Waals surface area contributed by atoms with Crippen molar-refractivity contribution >= 4 is 10.8 Å². The smallest absolute Gasteiger partial charge is 0.0887 e. The molecule has 3 nitrogen and oxygen atoms in total. The maximum atomic E-state index is 12.8. The van der Waals surface area contributed by atoms with E-state index in [1.807, 2.05) is 79.2 Å². The molecule has 0 saturated heterocycles. The molecule has 0 aliphatic heterocycles. The van der Waals surface area contributed by atoms with Crippen LogP contribution in [0.2, 0.25) is 0 Å². The van der Waals surface area contributed by atoms with E-state index < -0.39 is 10.8 Å². The van der Waals surface area contributed by atoms with Gasteiger partial charge in [0.25, 0.3) is 0 Å². The number of nitrogens with zero attached hydrogens (tertiary/aromatic N) is 2. The quantitative estimate of drug-likeness (QED) is 0.739. The number of rotatable bonds is 3. The van der Waals surface area contributed by atoms with Crippen molar-refractivity contribution in [1.29, 1.82) is 0 Å². The lowest BCUT2D eigenvalue weighted by molar-refractivity contribution is 0.682. The van der Waals surface area contributed by atoms with Crippen molar-refractivity contribution in [3.63, 3.8) is 0 Å². The van der Waals surface area contributed by atoms with Gasteiger partial charge in [-0.3, -0.25) is 0 Å². The Labute approximate surface area is 126 Å². The molecule has 3 aromatic rings. The summed E-state index contributed by atoms with van der Waals surface area (Å²) in [5.74, 6) is 0. The summed E-state index contributed by atoms with van der Waals surface area (Å²) in [5, 5.41) is 4.55. The Bertz CT molecular complexity index is 779. The van der Waals surface area contributed by atoms with Crippen LogP contribution in [0, 0.1) is 13.8 Å². The van der Waals surface area contributed by atoms with Gasteiger partial charge < -0.3 is 0 Å². The van der Waals surface area contributed by atoms with E-state index in [2.05, 4.69) is 5.10 Å². The molecule has 106 valence electrons. The van der Waals surface area contributed by atoms with Crippen LogP contribution in [0.1, 0.15) is 11.4 Å². The molecule has 4 heteroatoms. The third-order valence-corrected chi connectivity index (χ3v) is 5.03. The zero-order chi connectivity index (χ0) is 14.8. The van der Waals surface area contributed by atoms with Gasteiger partial charge in [0.1, 0.15) is 0 Å². The average Bonchev–Trinajstić information content (AvgIpc) is 2.83. The number of hydrogen-bond acceptors (Lipinski definition) is 2. The molecule has 0 aliphatic rings. The van der Waals surface area contributed by atoms with Crippen LogP contribution >= 0.6 is 0 Å². The minimum absolute atomic E-state index is 0.796. The van der Waals surface area contributed by atoms with Crippen molar-refractivity contribution in [2.75, 3.05) is 0 Å². The second-order valence-electron chi connectivity index (χ2n) is 4.83. The summed E-state index contributed by atoms with van der Waals surface area (Å²) in [6.07, 6.45) is 0. The maximum absolute atomic E-state index is 12.8. The fourth-order valence-corrected chi connectivity index (χ4v) is 3.68. The minimum Gasteiger partial charge on any atom is -0.249 e. The van der Waals surface area contributed by atoms with Crippen LogP contribution in [0.5, 0.6) is 0 Å². The molecule has 0 aliphatic carbocycles. The highest BCUT2D eigenvalue weighted by molar-refractivity contribution is 7.85. The van der Waals surface area contributed by atoms with Crippen LogP contribution in [0.4, 0.5) is 0 Å². The van der Waals surface area contributed by atoms with E-state index in [9.17, 15) is 4.21 Å². The third-order valence-electron chi connectivity index (χ3n) is 3.37. The van der Waals surface area contributed by atoms with Gasteiger partial charge in [0.15, 0.2) is 0 Å². The predicted molar refractivity (Wildman–Crippen MR) is 84.2 cm³/mol. The van der Waals surface area contributed by atoms with Gasteiger partial charge in [0.2, 0.25) is 0 Å². The summed E-state index contributed by atoms with van der Waals surface area (Å²) in [6, 6.07) is 19.4. The summed E-state index contributed by atoms with van der Waals surface area (Å²) in [5.41, 5.74) is 2.70. The van der Waals surface area contributed by atoms with Gasteiger partial charge >= 0.3 is 0 Å². The molecule has 0 saturated carbocycles.